The molecule has 4 heteroatoms. The van der Waals surface area contributed by atoms with Crippen LogP contribution >= 0.6 is 0 Å². The first kappa shape index (κ1) is 30.9. The molecular weight excluding hydrogens is 567 g/mol. The van der Waals surface area contributed by atoms with Crippen molar-refractivity contribution in [3.63, 3.8) is 0 Å². The summed E-state index contributed by atoms with van der Waals surface area (Å²) in [5, 5.41) is 1.67. The Morgan fingerprint density at radius 1 is 0.694 bits per heavy atom. The van der Waals surface area contributed by atoms with E-state index in [2.05, 4.69) is 64.1 Å². The van der Waals surface area contributed by atoms with Gasteiger partial charge in [0.1, 0.15) is 0 Å². The van der Waals surface area contributed by atoms with Crippen molar-refractivity contribution in [3.05, 3.63) is 80.8 Å². The van der Waals surface area contributed by atoms with Gasteiger partial charge in [0.25, 0.3) is 0 Å². The Balaban J connectivity index is 2.81. The van der Waals surface area contributed by atoms with Crippen molar-refractivity contribution < 1.29 is 8.42 Å². The van der Waals surface area contributed by atoms with E-state index in [0.717, 1.165) is 24.8 Å². The van der Waals surface area contributed by atoms with Crippen molar-refractivity contribution >= 4 is 34.3 Å². The van der Waals surface area contributed by atoms with Crippen LogP contribution < -0.4 is 0 Å². The molecule has 0 N–H and O–H groups in total. The summed E-state index contributed by atoms with van der Waals surface area (Å²) in [4.78, 5) is 0.398. The van der Waals surface area contributed by atoms with Crippen LogP contribution in [0.2, 0.25) is 13.3 Å². The summed E-state index contributed by atoms with van der Waals surface area (Å²) in [6.45, 7) is 9.09. The van der Waals surface area contributed by atoms with Gasteiger partial charge in [-0.05, 0) is 0 Å². The summed E-state index contributed by atoms with van der Waals surface area (Å²) in [7, 11) is -3.52. The first-order chi connectivity index (χ1) is 17.4. The number of allylic oxidation sites excluding steroid dienone is 2. The SMILES string of the molecule is CCCCC(=C\S(=O)(=O)c1ccccc1)/[C](=C\c1ccccc1)[Sn]([CH2]CCC)([CH2]CCC)[CH2]CCC. The Bertz CT molecular complexity index is 1020. The van der Waals surface area contributed by atoms with Gasteiger partial charge in [-0.25, -0.2) is 0 Å². The molecule has 0 saturated carbocycles. The molecule has 0 spiro atoms. The molecule has 0 heterocycles. The van der Waals surface area contributed by atoms with Gasteiger partial charge in [0, 0.05) is 0 Å². The number of hydrogen-bond donors (Lipinski definition) is 0. The summed E-state index contributed by atoms with van der Waals surface area (Å²) in [5.74, 6) is 0. The fraction of sp³-hybridized carbons (Fsp3) is 0.500. The van der Waals surface area contributed by atoms with Gasteiger partial charge in [-0.3, -0.25) is 0 Å². The standard InChI is InChI=1S/C20H21O2S.3C4H9.Sn/c1-2-3-10-19(16-15-18-11-6-4-7-12-18)17-23(21,22)20-13-8-5-9-14-20;3*1-3-4-2;/h4-9,11-15,17H,2-3,10H2,1H3;3*1,3-4H2,2H3;/b16-15?,19-17+;;;;. The molecule has 2 aromatic carbocycles. The van der Waals surface area contributed by atoms with Gasteiger partial charge >= 0.3 is 227 Å². The van der Waals surface area contributed by atoms with Crippen molar-refractivity contribution in [2.75, 3.05) is 0 Å². The normalized spacial score (nSPS) is 13.2. The van der Waals surface area contributed by atoms with Gasteiger partial charge in [-0.15, -0.1) is 0 Å². The van der Waals surface area contributed by atoms with Gasteiger partial charge in [-0.1, -0.05) is 0 Å². The van der Waals surface area contributed by atoms with E-state index in [0.29, 0.717) is 4.90 Å². The quantitative estimate of drug-likeness (QED) is 0.131. The van der Waals surface area contributed by atoms with Crippen LogP contribution in [0, 0.1) is 0 Å². The zero-order valence-corrected chi connectivity index (χ0v) is 26.8. The predicted octanol–water partition coefficient (Wildman–Crippen LogP) is 10.0. The van der Waals surface area contributed by atoms with Crippen molar-refractivity contribution in [1.29, 1.82) is 0 Å². The van der Waals surface area contributed by atoms with Gasteiger partial charge in [-0.2, -0.15) is 0 Å². The second-order valence-electron chi connectivity index (χ2n) is 10.2. The Morgan fingerprint density at radius 3 is 1.64 bits per heavy atom. The van der Waals surface area contributed by atoms with Crippen LogP contribution in [0.3, 0.4) is 0 Å². The molecule has 2 aromatic rings. The van der Waals surface area contributed by atoms with E-state index in [-0.39, 0.29) is 0 Å². The van der Waals surface area contributed by atoms with E-state index in [9.17, 15) is 8.42 Å². The number of rotatable bonds is 17. The number of benzene rings is 2. The molecular formula is C32H48O2SSn. The first-order valence-electron chi connectivity index (χ1n) is 14.2. The Labute approximate surface area is 226 Å². The second-order valence-corrected chi connectivity index (χ2v) is 25.1. The topological polar surface area (TPSA) is 34.1 Å². The third-order valence-electron chi connectivity index (χ3n) is 7.22. The minimum absolute atomic E-state index is 0.398. The second kappa shape index (κ2) is 16.5. The molecule has 0 aliphatic carbocycles. The van der Waals surface area contributed by atoms with Crippen LogP contribution in [-0.2, 0) is 9.84 Å². The number of unbranched alkanes of at least 4 members (excludes halogenated alkanes) is 4. The van der Waals surface area contributed by atoms with Crippen LogP contribution in [0.25, 0.3) is 6.08 Å². The summed E-state index contributed by atoms with van der Waals surface area (Å²) >= 11 is -2.95. The van der Waals surface area contributed by atoms with E-state index in [4.69, 9.17) is 0 Å². The van der Waals surface area contributed by atoms with Gasteiger partial charge < -0.3 is 0 Å². The van der Waals surface area contributed by atoms with E-state index in [1.54, 1.807) is 17.5 Å². The summed E-state index contributed by atoms with van der Waals surface area (Å²) in [6.07, 6.45) is 12.7. The summed E-state index contributed by atoms with van der Waals surface area (Å²) in [6, 6.07) is 19.6. The fourth-order valence-electron chi connectivity index (χ4n) is 5.12. The van der Waals surface area contributed by atoms with Crippen LogP contribution in [0.1, 0.15) is 91.0 Å². The average Bonchev–Trinajstić information content (AvgIpc) is 2.91. The minimum atomic E-state index is -3.52. The molecule has 2 nitrogen and oxygen atoms in total. The molecule has 0 radical (unpaired) electrons. The third kappa shape index (κ3) is 9.52. The van der Waals surface area contributed by atoms with Gasteiger partial charge in [0.05, 0.1) is 0 Å². The molecule has 0 aliphatic rings. The molecule has 0 aliphatic heterocycles. The van der Waals surface area contributed by atoms with Crippen molar-refractivity contribution in [2.45, 2.75) is 104 Å². The van der Waals surface area contributed by atoms with Gasteiger partial charge in [0.2, 0.25) is 0 Å². The van der Waals surface area contributed by atoms with E-state index in [1.165, 1.54) is 61.0 Å². The molecule has 0 saturated heterocycles. The average molecular weight is 616 g/mol. The molecule has 0 aromatic heterocycles. The monoisotopic (exact) mass is 616 g/mol. The molecule has 0 unspecified atom stereocenters. The van der Waals surface area contributed by atoms with E-state index in [1.807, 2.05) is 18.2 Å². The third-order valence-corrected chi connectivity index (χ3v) is 24.6. The first-order valence-corrected chi connectivity index (χ1v) is 23.2. The van der Waals surface area contributed by atoms with Crippen LogP contribution in [0.4, 0.5) is 0 Å². The molecule has 2 rings (SSSR count). The van der Waals surface area contributed by atoms with E-state index >= 15 is 0 Å². The molecule has 198 valence electrons. The maximum absolute atomic E-state index is 13.7. The number of hydrogen-bond acceptors (Lipinski definition) is 2. The van der Waals surface area contributed by atoms with Crippen molar-refractivity contribution in [3.8, 4) is 0 Å². The molecule has 0 atom stereocenters. The van der Waals surface area contributed by atoms with Crippen LogP contribution in [0.15, 0.2) is 80.1 Å². The molecule has 0 fully saturated rings. The summed E-state index contributed by atoms with van der Waals surface area (Å²) < 4.78 is 32.7. The Hall–Kier alpha value is -1.33. The maximum atomic E-state index is 13.7. The van der Waals surface area contributed by atoms with Crippen LogP contribution in [-0.4, -0.2) is 26.8 Å². The van der Waals surface area contributed by atoms with Gasteiger partial charge in [0.15, 0.2) is 0 Å². The molecule has 36 heavy (non-hydrogen) atoms. The predicted molar refractivity (Wildman–Crippen MR) is 161 cm³/mol. The Morgan fingerprint density at radius 2 is 1.17 bits per heavy atom. The van der Waals surface area contributed by atoms with Crippen molar-refractivity contribution in [2.24, 2.45) is 0 Å². The Kier molecular flexibility index (Phi) is 14.2. The van der Waals surface area contributed by atoms with Crippen LogP contribution in [0.5, 0.6) is 0 Å². The zero-order valence-electron chi connectivity index (χ0n) is 23.1. The molecule has 0 amide bonds. The fourth-order valence-corrected chi connectivity index (χ4v) is 23.8. The molecule has 0 bridgehead atoms. The van der Waals surface area contributed by atoms with Crippen molar-refractivity contribution in [1.82, 2.24) is 0 Å². The summed E-state index contributed by atoms with van der Waals surface area (Å²) in [5.41, 5.74) is 2.31. The zero-order chi connectivity index (χ0) is 26.3. The van der Waals surface area contributed by atoms with E-state index < -0.39 is 28.2 Å². The number of sulfone groups is 1.